The highest BCUT2D eigenvalue weighted by Crippen LogP contribution is 2.34. The molecule has 0 spiro atoms. The van der Waals surface area contributed by atoms with Crippen molar-refractivity contribution in [3.63, 3.8) is 0 Å². The van der Waals surface area contributed by atoms with E-state index in [0.717, 1.165) is 30.6 Å². The third-order valence-electron chi connectivity index (χ3n) is 5.05. The van der Waals surface area contributed by atoms with Gasteiger partial charge in [-0.05, 0) is 69.2 Å². The molecule has 3 heteroatoms. The molecular weight excluding hydrogens is 306 g/mol. The van der Waals surface area contributed by atoms with Crippen LogP contribution in [0.3, 0.4) is 0 Å². The van der Waals surface area contributed by atoms with Crippen LogP contribution < -0.4 is 0 Å². The average Bonchev–Trinajstić information content (AvgIpc) is 2.88. The number of fused-ring (bicyclic) bond motifs is 1. The van der Waals surface area contributed by atoms with Gasteiger partial charge in [0, 0.05) is 11.9 Å². The topological polar surface area (TPSA) is 30.2 Å². The number of aryl methyl sites for hydroxylation is 6. The van der Waals surface area contributed by atoms with Crippen molar-refractivity contribution in [1.82, 2.24) is 14.6 Å². The van der Waals surface area contributed by atoms with E-state index < -0.39 is 0 Å². The number of nitrogens with zero attached hydrogens (tertiary/aromatic N) is 3. The quantitative estimate of drug-likeness (QED) is 0.613. The zero-order valence-electron chi connectivity index (χ0n) is 16.4. The Morgan fingerprint density at radius 3 is 2.24 bits per heavy atom. The Labute approximate surface area is 151 Å². The van der Waals surface area contributed by atoms with Crippen molar-refractivity contribution >= 4 is 5.65 Å². The van der Waals surface area contributed by atoms with Crippen LogP contribution in [0.15, 0.2) is 18.3 Å². The maximum Gasteiger partial charge on any atom is 0.163 e. The summed E-state index contributed by atoms with van der Waals surface area (Å²) in [5, 5.41) is 4.94. The van der Waals surface area contributed by atoms with E-state index in [0.29, 0.717) is 0 Å². The first kappa shape index (κ1) is 17.7. The summed E-state index contributed by atoms with van der Waals surface area (Å²) in [5.74, 6) is 0. The summed E-state index contributed by atoms with van der Waals surface area (Å²) in [4.78, 5) is 4.96. The molecule has 2 aromatic heterocycles. The molecule has 0 unspecified atom stereocenters. The first-order chi connectivity index (χ1) is 12.0. The van der Waals surface area contributed by atoms with Crippen LogP contribution in [0.2, 0.25) is 0 Å². The standard InChI is InChI=1S/C22H29N3/c1-7-9-10-19-21(20-15(4)11-14(3)12-16(20)5)22-23-17(6)18(8-2)13-25(22)24-19/h11-13H,7-10H2,1-6H3. The lowest BCUT2D eigenvalue weighted by Gasteiger charge is -2.12. The molecule has 0 aliphatic heterocycles. The lowest BCUT2D eigenvalue weighted by Crippen LogP contribution is -1.99. The van der Waals surface area contributed by atoms with Crippen LogP contribution in [0.1, 0.15) is 60.3 Å². The molecule has 1 aromatic carbocycles. The van der Waals surface area contributed by atoms with Gasteiger partial charge in [-0.3, -0.25) is 0 Å². The molecule has 3 nitrogen and oxygen atoms in total. The number of hydrogen-bond donors (Lipinski definition) is 0. The van der Waals surface area contributed by atoms with Gasteiger partial charge in [-0.2, -0.15) is 5.10 Å². The van der Waals surface area contributed by atoms with E-state index in [4.69, 9.17) is 10.1 Å². The second kappa shape index (κ2) is 6.99. The van der Waals surface area contributed by atoms with Gasteiger partial charge < -0.3 is 0 Å². The SMILES string of the molecule is CCCCc1nn2cc(CC)c(C)nc2c1-c1c(C)cc(C)cc1C. The molecule has 3 rings (SSSR count). The lowest BCUT2D eigenvalue weighted by atomic mass is 9.92. The Bertz CT molecular complexity index is 896. The van der Waals surface area contributed by atoms with Crippen LogP contribution in [-0.2, 0) is 12.8 Å². The summed E-state index contributed by atoms with van der Waals surface area (Å²) in [6.45, 7) is 13.1. The Morgan fingerprint density at radius 1 is 0.960 bits per heavy atom. The van der Waals surface area contributed by atoms with Crippen molar-refractivity contribution in [3.8, 4) is 11.1 Å². The van der Waals surface area contributed by atoms with Crippen molar-refractivity contribution in [1.29, 1.82) is 0 Å². The Kier molecular flexibility index (Phi) is 4.94. The van der Waals surface area contributed by atoms with Crippen molar-refractivity contribution in [2.75, 3.05) is 0 Å². The van der Waals surface area contributed by atoms with E-state index in [1.165, 1.54) is 45.5 Å². The van der Waals surface area contributed by atoms with Crippen LogP contribution >= 0.6 is 0 Å². The minimum absolute atomic E-state index is 0.983. The zero-order valence-corrected chi connectivity index (χ0v) is 16.4. The van der Waals surface area contributed by atoms with Gasteiger partial charge >= 0.3 is 0 Å². The van der Waals surface area contributed by atoms with E-state index in [-0.39, 0.29) is 0 Å². The maximum atomic E-state index is 4.96. The van der Waals surface area contributed by atoms with Crippen LogP contribution in [-0.4, -0.2) is 14.6 Å². The van der Waals surface area contributed by atoms with E-state index in [1.54, 1.807) is 0 Å². The minimum atomic E-state index is 0.983. The van der Waals surface area contributed by atoms with E-state index in [9.17, 15) is 0 Å². The number of rotatable bonds is 5. The molecule has 0 N–H and O–H groups in total. The molecule has 0 radical (unpaired) electrons. The van der Waals surface area contributed by atoms with Gasteiger partial charge in [0.15, 0.2) is 5.65 Å². The number of unbranched alkanes of at least 4 members (excludes halogenated alkanes) is 1. The lowest BCUT2D eigenvalue weighted by molar-refractivity contribution is 0.760. The van der Waals surface area contributed by atoms with Gasteiger partial charge in [0.25, 0.3) is 0 Å². The van der Waals surface area contributed by atoms with E-state index in [2.05, 4.69) is 59.9 Å². The fourth-order valence-corrected chi connectivity index (χ4v) is 3.84. The zero-order chi connectivity index (χ0) is 18.1. The molecule has 2 heterocycles. The van der Waals surface area contributed by atoms with Crippen molar-refractivity contribution < 1.29 is 0 Å². The molecule has 0 saturated heterocycles. The van der Waals surface area contributed by atoms with Gasteiger partial charge in [0.05, 0.1) is 11.3 Å². The molecule has 3 aromatic rings. The summed E-state index contributed by atoms with van der Waals surface area (Å²) in [6.07, 6.45) is 6.47. The first-order valence-corrected chi connectivity index (χ1v) is 9.42. The predicted octanol–water partition coefficient (Wildman–Crippen LogP) is 5.53. The number of hydrogen-bond acceptors (Lipinski definition) is 2. The number of aromatic nitrogens is 3. The first-order valence-electron chi connectivity index (χ1n) is 9.42. The molecule has 0 atom stereocenters. The molecule has 0 bridgehead atoms. The van der Waals surface area contributed by atoms with Gasteiger partial charge in [-0.25, -0.2) is 9.50 Å². The smallest absolute Gasteiger partial charge is 0.163 e. The average molecular weight is 335 g/mol. The highest BCUT2D eigenvalue weighted by molar-refractivity contribution is 5.84. The van der Waals surface area contributed by atoms with Crippen LogP contribution in [0, 0.1) is 27.7 Å². The summed E-state index contributed by atoms with van der Waals surface area (Å²) < 4.78 is 2.00. The highest BCUT2D eigenvalue weighted by Gasteiger charge is 2.20. The molecular formula is C22H29N3. The molecule has 132 valence electrons. The third kappa shape index (κ3) is 3.20. The summed E-state index contributed by atoms with van der Waals surface area (Å²) >= 11 is 0. The van der Waals surface area contributed by atoms with Gasteiger partial charge in [-0.15, -0.1) is 0 Å². The number of benzene rings is 1. The Morgan fingerprint density at radius 2 is 1.64 bits per heavy atom. The van der Waals surface area contributed by atoms with Crippen LogP contribution in [0.25, 0.3) is 16.8 Å². The predicted molar refractivity (Wildman–Crippen MR) is 105 cm³/mol. The normalized spacial score (nSPS) is 11.4. The van der Waals surface area contributed by atoms with Crippen LogP contribution in [0.5, 0.6) is 0 Å². The summed E-state index contributed by atoms with van der Waals surface area (Å²) in [5.41, 5.74) is 11.0. The van der Waals surface area contributed by atoms with Gasteiger partial charge in [0.1, 0.15) is 0 Å². The second-order valence-corrected chi connectivity index (χ2v) is 7.17. The molecule has 25 heavy (non-hydrogen) atoms. The van der Waals surface area contributed by atoms with Gasteiger partial charge in [-0.1, -0.05) is 38.0 Å². The fraction of sp³-hybridized carbons (Fsp3) is 0.455. The minimum Gasteiger partial charge on any atom is -0.233 e. The largest absolute Gasteiger partial charge is 0.233 e. The van der Waals surface area contributed by atoms with Crippen molar-refractivity contribution in [2.24, 2.45) is 0 Å². The maximum absolute atomic E-state index is 4.96. The second-order valence-electron chi connectivity index (χ2n) is 7.17. The van der Waals surface area contributed by atoms with E-state index in [1.807, 2.05) is 4.52 Å². The molecule has 0 aliphatic rings. The summed E-state index contributed by atoms with van der Waals surface area (Å²) in [7, 11) is 0. The monoisotopic (exact) mass is 335 g/mol. The molecule has 0 aliphatic carbocycles. The Balaban J connectivity index is 2.33. The van der Waals surface area contributed by atoms with Crippen molar-refractivity contribution in [2.45, 2.75) is 67.2 Å². The fourth-order valence-electron chi connectivity index (χ4n) is 3.84. The van der Waals surface area contributed by atoms with E-state index >= 15 is 0 Å². The van der Waals surface area contributed by atoms with Crippen LogP contribution in [0.4, 0.5) is 0 Å². The Hall–Kier alpha value is -2.16. The molecule has 0 fully saturated rings. The van der Waals surface area contributed by atoms with Crippen molar-refractivity contribution in [3.05, 3.63) is 52.0 Å². The molecule has 0 saturated carbocycles. The highest BCUT2D eigenvalue weighted by atomic mass is 15.3. The summed E-state index contributed by atoms with van der Waals surface area (Å²) in [6, 6.07) is 4.53. The van der Waals surface area contributed by atoms with Gasteiger partial charge in [0.2, 0.25) is 0 Å². The molecule has 0 amide bonds. The third-order valence-corrected chi connectivity index (χ3v) is 5.05.